The summed E-state index contributed by atoms with van der Waals surface area (Å²) in [6.07, 6.45) is 9.04. The number of nitrogens with zero attached hydrogens (tertiary/aromatic N) is 3. The van der Waals surface area contributed by atoms with Gasteiger partial charge >= 0.3 is 5.97 Å². The standard InChI is InChI=1S/C44H56N6O6/c1-6-7-8-9-10-25-56-36-21-17-31(18-22-36)34-28-46-40(47-29-34)32-13-11-30(12-14-32)26-37(48-41(52)33-15-19-35(20-16-33)44(2,3)4)42(53)49-38(43(54)55)27-39(51)50(5)24-23-45/h11-22,28-29,37-38H,6-10,23-27,45H2,1-5H3,(H,48,52)(H,49,53)(H,54,55)/t37-,38-/m0/s1. The Kier molecular flexibility index (Phi) is 16.1. The second kappa shape index (κ2) is 20.9. The summed E-state index contributed by atoms with van der Waals surface area (Å²) in [5, 5.41) is 15.1. The van der Waals surface area contributed by atoms with E-state index in [4.69, 9.17) is 10.5 Å². The Morgan fingerprint density at radius 3 is 2.02 bits per heavy atom. The fraction of sp³-hybridized carbons (Fsp3) is 0.409. The van der Waals surface area contributed by atoms with E-state index in [0.29, 0.717) is 23.6 Å². The van der Waals surface area contributed by atoms with Crippen molar-refractivity contribution in [1.82, 2.24) is 25.5 Å². The van der Waals surface area contributed by atoms with Gasteiger partial charge in [-0.25, -0.2) is 14.8 Å². The largest absolute Gasteiger partial charge is 0.494 e. The lowest BCUT2D eigenvalue weighted by Crippen LogP contribution is -2.53. The molecule has 0 saturated heterocycles. The first-order chi connectivity index (χ1) is 26.8. The van der Waals surface area contributed by atoms with Gasteiger partial charge in [0.05, 0.1) is 13.0 Å². The molecule has 0 aliphatic heterocycles. The van der Waals surface area contributed by atoms with Crippen LogP contribution in [0.5, 0.6) is 5.75 Å². The summed E-state index contributed by atoms with van der Waals surface area (Å²) >= 11 is 0. The van der Waals surface area contributed by atoms with E-state index in [1.54, 1.807) is 36.7 Å². The Bertz CT molecular complexity index is 1870. The van der Waals surface area contributed by atoms with Gasteiger partial charge in [-0.15, -0.1) is 0 Å². The van der Waals surface area contributed by atoms with E-state index < -0.39 is 42.2 Å². The van der Waals surface area contributed by atoms with Gasteiger partial charge in [-0.2, -0.15) is 0 Å². The Morgan fingerprint density at radius 1 is 0.804 bits per heavy atom. The first-order valence-electron chi connectivity index (χ1n) is 19.3. The first-order valence-corrected chi connectivity index (χ1v) is 19.3. The Morgan fingerprint density at radius 2 is 1.43 bits per heavy atom. The summed E-state index contributed by atoms with van der Waals surface area (Å²) in [6.45, 7) is 9.56. The predicted octanol–water partition coefficient (Wildman–Crippen LogP) is 6.18. The van der Waals surface area contributed by atoms with Crippen molar-refractivity contribution >= 4 is 23.7 Å². The summed E-state index contributed by atoms with van der Waals surface area (Å²) in [4.78, 5) is 62.4. The monoisotopic (exact) mass is 764 g/mol. The molecule has 3 aromatic carbocycles. The Labute approximate surface area is 330 Å². The van der Waals surface area contributed by atoms with Crippen molar-refractivity contribution in [2.45, 2.75) is 90.1 Å². The molecule has 1 aromatic heterocycles. The second-order valence-corrected chi connectivity index (χ2v) is 15.0. The van der Waals surface area contributed by atoms with E-state index in [0.717, 1.165) is 34.4 Å². The molecule has 0 aliphatic carbocycles. The first kappa shape index (κ1) is 43.1. The van der Waals surface area contributed by atoms with Crippen molar-refractivity contribution in [3.05, 3.63) is 102 Å². The highest BCUT2D eigenvalue weighted by Gasteiger charge is 2.30. The molecule has 0 aliphatic rings. The highest BCUT2D eigenvalue weighted by atomic mass is 16.5. The van der Waals surface area contributed by atoms with Crippen LogP contribution in [0.3, 0.4) is 0 Å². The maximum absolute atomic E-state index is 13.7. The van der Waals surface area contributed by atoms with E-state index in [1.165, 1.54) is 37.6 Å². The average molecular weight is 765 g/mol. The van der Waals surface area contributed by atoms with E-state index in [2.05, 4.69) is 48.3 Å². The SMILES string of the molecule is CCCCCCCOc1ccc(-c2cnc(-c3ccc(C[C@H](NC(=O)c4ccc(C(C)(C)C)cc4)C(=O)N[C@@H](CC(=O)N(C)CCN)C(=O)O)cc3)nc2)cc1. The van der Waals surface area contributed by atoms with Crippen LogP contribution in [-0.4, -0.2) is 82.5 Å². The van der Waals surface area contributed by atoms with Crippen molar-refractivity contribution in [3.8, 4) is 28.3 Å². The van der Waals surface area contributed by atoms with E-state index >= 15 is 0 Å². The number of hydrogen-bond acceptors (Lipinski definition) is 8. The summed E-state index contributed by atoms with van der Waals surface area (Å²) in [5.74, 6) is -1.75. The van der Waals surface area contributed by atoms with Gasteiger partial charge < -0.3 is 31.1 Å². The van der Waals surface area contributed by atoms with Crippen molar-refractivity contribution in [2.75, 3.05) is 26.7 Å². The lowest BCUT2D eigenvalue weighted by Gasteiger charge is -2.23. The third-order valence-corrected chi connectivity index (χ3v) is 9.53. The minimum Gasteiger partial charge on any atom is -0.494 e. The van der Waals surface area contributed by atoms with Gasteiger partial charge in [0.2, 0.25) is 11.8 Å². The van der Waals surface area contributed by atoms with Crippen LogP contribution in [0.1, 0.15) is 87.7 Å². The number of carbonyl (C=O) groups excluding carboxylic acids is 3. The molecule has 0 saturated carbocycles. The molecule has 4 rings (SSSR count). The molecule has 0 spiro atoms. The number of amides is 3. The fourth-order valence-electron chi connectivity index (χ4n) is 5.98. The molecular formula is C44H56N6O6. The summed E-state index contributed by atoms with van der Waals surface area (Å²) < 4.78 is 5.89. The molecule has 56 heavy (non-hydrogen) atoms. The van der Waals surface area contributed by atoms with Crippen molar-refractivity contribution in [2.24, 2.45) is 5.73 Å². The summed E-state index contributed by atoms with van der Waals surface area (Å²) in [6, 6.07) is 19.6. The molecule has 4 aromatic rings. The zero-order valence-corrected chi connectivity index (χ0v) is 33.2. The number of benzene rings is 3. The minimum absolute atomic E-state index is 0.0453. The number of nitrogens with two attached hydrogens (primary N) is 1. The third-order valence-electron chi connectivity index (χ3n) is 9.53. The van der Waals surface area contributed by atoms with Gasteiger partial charge in [0, 0.05) is 55.6 Å². The predicted molar refractivity (Wildman–Crippen MR) is 218 cm³/mol. The van der Waals surface area contributed by atoms with Gasteiger partial charge in [-0.05, 0) is 52.8 Å². The van der Waals surface area contributed by atoms with Crippen LogP contribution >= 0.6 is 0 Å². The number of ether oxygens (including phenoxy) is 1. The molecule has 0 fully saturated rings. The van der Waals surface area contributed by atoms with Crippen molar-refractivity contribution in [3.63, 3.8) is 0 Å². The van der Waals surface area contributed by atoms with E-state index in [-0.39, 0.29) is 24.9 Å². The molecule has 5 N–H and O–H groups in total. The third kappa shape index (κ3) is 13.0. The van der Waals surface area contributed by atoms with Gasteiger partial charge in [0.25, 0.3) is 5.91 Å². The van der Waals surface area contributed by atoms with Gasteiger partial charge in [0.15, 0.2) is 5.82 Å². The quantitative estimate of drug-likeness (QED) is 0.0767. The summed E-state index contributed by atoms with van der Waals surface area (Å²) in [5.41, 5.74) is 10.1. The highest BCUT2D eigenvalue weighted by Crippen LogP contribution is 2.25. The Hall–Kier alpha value is -5.62. The molecule has 12 nitrogen and oxygen atoms in total. The zero-order valence-electron chi connectivity index (χ0n) is 33.2. The minimum atomic E-state index is -1.51. The highest BCUT2D eigenvalue weighted by molar-refractivity contribution is 5.98. The number of carboxylic acids is 1. The average Bonchev–Trinajstić information content (AvgIpc) is 3.19. The molecule has 12 heteroatoms. The lowest BCUT2D eigenvalue weighted by atomic mass is 9.86. The number of rotatable bonds is 20. The van der Waals surface area contributed by atoms with E-state index in [1.807, 2.05) is 48.5 Å². The van der Waals surface area contributed by atoms with Gasteiger partial charge in [-0.3, -0.25) is 14.4 Å². The molecule has 3 amide bonds. The number of aliphatic carboxylic acids is 1. The van der Waals surface area contributed by atoms with Crippen LogP contribution in [0.15, 0.2) is 85.2 Å². The van der Waals surface area contributed by atoms with E-state index in [9.17, 15) is 24.3 Å². The summed E-state index contributed by atoms with van der Waals surface area (Å²) in [7, 11) is 1.51. The smallest absolute Gasteiger partial charge is 0.326 e. The van der Waals surface area contributed by atoms with Crippen LogP contribution < -0.4 is 21.1 Å². The molecule has 0 unspecified atom stereocenters. The van der Waals surface area contributed by atoms with Crippen LogP contribution in [-0.2, 0) is 26.2 Å². The Balaban J connectivity index is 1.46. The molecule has 2 atom stereocenters. The zero-order chi connectivity index (χ0) is 40.7. The molecule has 0 radical (unpaired) electrons. The molecular weight excluding hydrogens is 709 g/mol. The fourth-order valence-corrected chi connectivity index (χ4v) is 5.98. The number of unbranched alkanes of at least 4 members (excludes halogenated alkanes) is 4. The topological polar surface area (TPSA) is 177 Å². The molecule has 1 heterocycles. The maximum Gasteiger partial charge on any atom is 0.326 e. The molecule has 0 bridgehead atoms. The normalized spacial score (nSPS) is 12.3. The number of carbonyl (C=O) groups is 4. The number of nitrogens with one attached hydrogen (secondary N) is 2. The van der Waals surface area contributed by atoms with Crippen LogP contribution in [0, 0.1) is 0 Å². The van der Waals surface area contributed by atoms with Crippen LogP contribution in [0.4, 0.5) is 0 Å². The van der Waals surface area contributed by atoms with Gasteiger partial charge in [0.1, 0.15) is 17.8 Å². The molecule has 298 valence electrons. The van der Waals surface area contributed by atoms with Crippen molar-refractivity contribution in [1.29, 1.82) is 0 Å². The number of aromatic nitrogens is 2. The number of carboxylic acid groups (broad SMARTS) is 1. The van der Waals surface area contributed by atoms with Crippen LogP contribution in [0.2, 0.25) is 0 Å². The maximum atomic E-state index is 13.7. The van der Waals surface area contributed by atoms with Gasteiger partial charge in [-0.1, -0.05) is 102 Å². The van der Waals surface area contributed by atoms with Crippen molar-refractivity contribution < 1.29 is 29.0 Å². The second-order valence-electron chi connectivity index (χ2n) is 15.0. The number of hydrogen-bond donors (Lipinski definition) is 4. The number of likely N-dealkylation sites (N-methyl/N-ethyl adjacent to an activating group) is 1. The van der Waals surface area contributed by atoms with Crippen LogP contribution in [0.25, 0.3) is 22.5 Å². The lowest BCUT2D eigenvalue weighted by molar-refractivity contribution is -0.145.